The number of halogens is 2. The summed E-state index contributed by atoms with van der Waals surface area (Å²) >= 11 is 3.31. The van der Waals surface area contributed by atoms with Crippen molar-refractivity contribution < 1.29 is 9.18 Å². The maximum absolute atomic E-state index is 13.6. The molecule has 2 aliphatic rings. The van der Waals surface area contributed by atoms with Crippen LogP contribution in [-0.4, -0.2) is 42.5 Å². The molecule has 0 unspecified atom stereocenters. The quantitative estimate of drug-likeness (QED) is 0.781. The summed E-state index contributed by atoms with van der Waals surface area (Å²) in [7, 11) is 0. The zero-order valence-electron chi connectivity index (χ0n) is 15.1. The Hall–Kier alpha value is -1.76. The molecule has 0 atom stereocenters. The second kappa shape index (κ2) is 7.70. The average molecular weight is 432 g/mol. The van der Waals surface area contributed by atoms with Gasteiger partial charge in [-0.2, -0.15) is 0 Å². The normalized spacial score (nSPS) is 18.9. The first-order valence-corrected chi connectivity index (χ1v) is 10.1. The van der Waals surface area contributed by atoms with Gasteiger partial charge in [-0.1, -0.05) is 40.2 Å². The Labute approximate surface area is 167 Å². The van der Waals surface area contributed by atoms with Crippen molar-refractivity contribution in [2.75, 3.05) is 26.2 Å². The Bertz CT molecular complexity index is 806. The summed E-state index contributed by atoms with van der Waals surface area (Å²) in [6.07, 6.45) is 1.45. The summed E-state index contributed by atoms with van der Waals surface area (Å²) < 4.78 is 14.3. The number of carbonyl (C=O) groups is 1. The molecule has 4 rings (SSSR count). The molecule has 1 heterocycles. The van der Waals surface area contributed by atoms with Gasteiger partial charge in [-0.25, -0.2) is 4.39 Å². The summed E-state index contributed by atoms with van der Waals surface area (Å²) in [5.74, 6) is -0.278. The van der Waals surface area contributed by atoms with E-state index in [1.807, 2.05) is 18.2 Å². The van der Waals surface area contributed by atoms with Gasteiger partial charge in [-0.3, -0.25) is 9.69 Å². The van der Waals surface area contributed by atoms with Crippen molar-refractivity contribution in [3.8, 4) is 0 Å². The highest BCUT2D eigenvalue weighted by Gasteiger charge is 2.48. The molecular weight excluding hydrogens is 409 g/mol. The van der Waals surface area contributed by atoms with Crippen LogP contribution in [0.25, 0.3) is 0 Å². The minimum atomic E-state index is -0.559. The Kier molecular flexibility index (Phi) is 5.30. The van der Waals surface area contributed by atoms with Crippen LogP contribution >= 0.6 is 15.9 Å². The number of nitrogens with one attached hydrogen (secondary N) is 2. The Morgan fingerprint density at radius 2 is 1.81 bits per heavy atom. The summed E-state index contributed by atoms with van der Waals surface area (Å²) in [5, 5.41) is 6.45. The van der Waals surface area contributed by atoms with Gasteiger partial charge in [0.15, 0.2) is 0 Å². The zero-order valence-corrected chi connectivity index (χ0v) is 16.7. The van der Waals surface area contributed by atoms with Gasteiger partial charge >= 0.3 is 0 Å². The fraction of sp³-hybridized carbons (Fsp3) is 0.381. The van der Waals surface area contributed by atoms with Gasteiger partial charge in [-0.15, -0.1) is 0 Å². The first-order chi connectivity index (χ1) is 13.1. The zero-order chi connectivity index (χ0) is 18.9. The van der Waals surface area contributed by atoms with Gasteiger partial charge in [0, 0.05) is 50.0 Å². The van der Waals surface area contributed by atoms with E-state index in [0.717, 1.165) is 44.6 Å². The molecule has 0 aromatic heterocycles. The molecule has 2 N–H and O–H groups in total. The van der Waals surface area contributed by atoms with E-state index < -0.39 is 5.54 Å². The van der Waals surface area contributed by atoms with Crippen molar-refractivity contribution in [2.45, 2.75) is 24.9 Å². The van der Waals surface area contributed by atoms with E-state index in [4.69, 9.17) is 0 Å². The third-order valence-electron chi connectivity index (χ3n) is 5.60. The molecular formula is C21H23BrFN3O. The van der Waals surface area contributed by atoms with Gasteiger partial charge in [0.25, 0.3) is 0 Å². The van der Waals surface area contributed by atoms with Crippen molar-refractivity contribution in [1.29, 1.82) is 0 Å². The van der Waals surface area contributed by atoms with Gasteiger partial charge in [0.1, 0.15) is 11.4 Å². The summed E-state index contributed by atoms with van der Waals surface area (Å²) in [5.41, 5.74) is 2.69. The van der Waals surface area contributed by atoms with Crippen LogP contribution < -0.4 is 10.6 Å². The second-order valence-electron chi connectivity index (χ2n) is 7.35. The first-order valence-electron chi connectivity index (χ1n) is 9.33. The maximum Gasteiger partial charge on any atom is 0.241 e. The summed E-state index contributed by atoms with van der Waals surface area (Å²) in [4.78, 5) is 15.7. The number of rotatable bonds is 4. The van der Waals surface area contributed by atoms with Crippen LogP contribution in [0.1, 0.15) is 16.7 Å². The third-order valence-corrected chi connectivity index (χ3v) is 6.06. The molecule has 1 aliphatic carbocycles. The van der Waals surface area contributed by atoms with Crippen LogP contribution in [0.4, 0.5) is 4.39 Å². The summed E-state index contributed by atoms with van der Waals surface area (Å²) in [6, 6.07) is 13.0. The number of benzene rings is 2. The van der Waals surface area contributed by atoms with E-state index in [9.17, 15) is 9.18 Å². The highest BCUT2D eigenvalue weighted by atomic mass is 79.9. The van der Waals surface area contributed by atoms with E-state index in [1.165, 1.54) is 23.3 Å². The van der Waals surface area contributed by atoms with E-state index in [-0.39, 0.29) is 11.7 Å². The van der Waals surface area contributed by atoms with Crippen LogP contribution in [0.15, 0.2) is 46.9 Å². The highest BCUT2D eigenvalue weighted by molar-refractivity contribution is 9.10. The number of piperazine rings is 1. The molecule has 2 aromatic rings. The topological polar surface area (TPSA) is 44.4 Å². The molecule has 1 aliphatic heterocycles. The minimum absolute atomic E-state index is 0.0287. The molecule has 1 saturated heterocycles. The lowest BCUT2D eigenvalue weighted by Gasteiger charge is -2.42. The number of hydrogen-bond acceptors (Lipinski definition) is 3. The number of hydrogen-bond donors (Lipinski definition) is 2. The van der Waals surface area contributed by atoms with Crippen molar-refractivity contribution in [2.24, 2.45) is 0 Å². The van der Waals surface area contributed by atoms with Crippen LogP contribution in [0, 0.1) is 5.82 Å². The Balaban J connectivity index is 1.56. The molecule has 27 heavy (non-hydrogen) atoms. The van der Waals surface area contributed by atoms with Gasteiger partial charge < -0.3 is 10.6 Å². The largest absolute Gasteiger partial charge is 0.350 e. The monoisotopic (exact) mass is 431 g/mol. The van der Waals surface area contributed by atoms with E-state index in [0.29, 0.717) is 11.0 Å². The van der Waals surface area contributed by atoms with Crippen LogP contribution in [-0.2, 0) is 24.2 Å². The van der Waals surface area contributed by atoms with Crippen LogP contribution in [0.3, 0.4) is 0 Å². The van der Waals surface area contributed by atoms with E-state index in [2.05, 4.69) is 43.6 Å². The lowest BCUT2D eigenvalue weighted by molar-refractivity contribution is -0.134. The fourth-order valence-corrected chi connectivity index (χ4v) is 4.79. The number of amides is 1. The summed E-state index contributed by atoms with van der Waals surface area (Å²) in [6.45, 7) is 3.81. The van der Waals surface area contributed by atoms with Crippen molar-refractivity contribution >= 4 is 21.8 Å². The molecule has 2 aromatic carbocycles. The molecule has 0 saturated carbocycles. The molecule has 0 radical (unpaired) electrons. The Morgan fingerprint density at radius 1 is 1.15 bits per heavy atom. The van der Waals surface area contributed by atoms with Crippen molar-refractivity contribution in [1.82, 2.24) is 15.5 Å². The fourth-order valence-electron chi connectivity index (χ4n) is 4.28. The molecule has 0 spiro atoms. The highest BCUT2D eigenvalue weighted by Crippen LogP contribution is 2.35. The minimum Gasteiger partial charge on any atom is -0.350 e. The Morgan fingerprint density at radius 3 is 2.44 bits per heavy atom. The number of carbonyl (C=O) groups excluding carboxylic acids is 1. The van der Waals surface area contributed by atoms with Gasteiger partial charge in [-0.05, 0) is 34.9 Å². The maximum atomic E-state index is 13.6. The second-order valence-corrected chi connectivity index (χ2v) is 8.27. The smallest absolute Gasteiger partial charge is 0.241 e. The number of nitrogens with zero attached hydrogens (tertiary/aromatic N) is 1. The van der Waals surface area contributed by atoms with E-state index in [1.54, 1.807) is 0 Å². The molecule has 0 bridgehead atoms. The number of fused-ring (bicyclic) bond motifs is 1. The SMILES string of the molecule is O=C(NCc1cc(F)cc(Br)c1)C1(N2CCNCC2)Cc2ccccc2C1. The van der Waals surface area contributed by atoms with Crippen LogP contribution in [0.2, 0.25) is 0 Å². The predicted octanol–water partition coefficient (Wildman–Crippen LogP) is 2.65. The molecule has 1 fully saturated rings. The molecule has 4 nitrogen and oxygen atoms in total. The van der Waals surface area contributed by atoms with Gasteiger partial charge in [0.2, 0.25) is 5.91 Å². The average Bonchev–Trinajstić information content (AvgIpc) is 3.07. The third kappa shape index (κ3) is 3.79. The standard InChI is InChI=1S/C21H23BrFN3O/c22-18-9-15(10-19(23)11-18)14-25-20(27)21(26-7-5-24-6-8-26)12-16-3-1-2-4-17(16)13-21/h1-4,9-11,24H,5-8,12-14H2,(H,25,27). The van der Waals surface area contributed by atoms with Gasteiger partial charge in [0.05, 0.1) is 0 Å². The lowest BCUT2D eigenvalue weighted by Crippen LogP contribution is -2.63. The van der Waals surface area contributed by atoms with Crippen LogP contribution in [0.5, 0.6) is 0 Å². The predicted molar refractivity (Wildman–Crippen MR) is 107 cm³/mol. The first kappa shape index (κ1) is 18.6. The van der Waals surface area contributed by atoms with Crippen molar-refractivity contribution in [3.05, 3.63) is 69.4 Å². The molecule has 142 valence electrons. The van der Waals surface area contributed by atoms with E-state index >= 15 is 0 Å². The molecule has 1 amide bonds. The molecule has 6 heteroatoms. The van der Waals surface area contributed by atoms with Crippen molar-refractivity contribution in [3.63, 3.8) is 0 Å². The lowest BCUT2D eigenvalue weighted by atomic mass is 9.91.